The van der Waals surface area contributed by atoms with Crippen molar-refractivity contribution in [1.82, 2.24) is 4.72 Å². The fourth-order valence-electron chi connectivity index (χ4n) is 3.23. The topological polar surface area (TPSA) is 55.4 Å². The van der Waals surface area contributed by atoms with Crippen LogP contribution in [0.2, 0.25) is 0 Å². The largest absolute Gasteiger partial charge is 0.492 e. The smallest absolute Gasteiger partial charge is 0.240 e. The normalized spacial score (nSPS) is 12.5. The number of ether oxygens (including phenoxy) is 1. The van der Waals surface area contributed by atoms with Crippen LogP contribution < -0.4 is 9.46 Å². The SMILES string of the molecule is O=S(=O)(NCCOc1ccccc1)c1ccc2c(c1)Cc1ccccc1-2. The highest BCUT2D eigenvalue weighted by Gasteiger charge is 2.21. The first-order valence-corrected chi connectivity index (χ1v) is 10.0. The first-order chi connectivity index (χ1) is 12.6. The maximum Gasteiger partial charge on any atom is 0.240 e. The van der Waals surface area contributed by atoms with Gasteiger partial charge >= 0.3 is 0 Å². The van der Waals surface area contributed by atoms with E-state index in [2.05, 4.69) is 16.9 Å². The molecule has 132 valence electrons. The zero-order chi connectivity index (χ0) is 18.0. The Morgan fingerprint density at radius 1 is 0.846 bits per heavy atom. The number of nitrogens with one attached hydrogen (secondary N) is 1. The molecule has 0 heterocycles. The van der Waals surface area contributed by atoms with Crippen LogP contribution in [0.5, 0.6) is 5.75 Å². The maximum absolute atomic E-state index is 12.5. The lowest BCUT2D eigenvalue weighted by Gasteiger charge is -2.10. The third kappa shape index (κ3) is 3.36. The van der Waals surface area contributed by atoms with Crippen LogP contribution in [0.1, 0.15) is 11.1 Å². The molecule has 0 unspecified atom stereocenters. The van der Waals surface area contributed by atoms with Gasteiger partial charge in [-0.15, -0.1) is 0 Å². The minimum Gasteiger partial charge on any atom is -0.492 e. The van der Waals surface area contributed by atoms with Gasteiger partial charge in [0.05, 0.1) is 4.90 Å². The number of hydrogen-bond donors (Lipinski definition) is 1. The molecular formula is C21H19NO3S. The first kappa shape index (κ1) is 16.8. The van der Waals surface area contributed by atoms with E-state index in [1.165, 1.54) is 11.1 Å². The van der Waals surface area contributed by atoms with Crippen LogP contribution in [-0.4, -0.2) is 21.6 Å². The first-order valence-electron chi connectivity index (χ1n) is 8.52. The Bertz CT molecular complexity index is 1030. The Morgan fingerprint density at radius 3 is 2.42 bits per heavy atom. The number of para-hydroxylation sites is 1. The Morgan fingerprint density at radius 2 is 1.58 bits per heavy atom. The van der Waals surface area contributed by atoms with Crippen molar-refractivity contribution in [3.8, 4) is 16.9 Å². The van der Waals surface area contributed by atoms with Crippen molar-refractivity contribution in [2.75, 3.05) is 13.2 Å². The summed E-state index contributed by atoms with van der Waals surface area (Å²) in [4.78, 5) is 0.295. The van der Waals surface area contributed by atoms with E-state index in [4.69, 9.17) is 4.74 Å². The van der Waals surface area contributed by atoms with E-state index in [9.17, 15) is 8.42 Å². The molecule has 0 aromatic heterocycles. The summed E-state index contributed by atoms with van der Waals surface area (Å²) >= 11 is 0. The van der Waals surface area contributed by atoms with Gasteiger partial charge in [0, 0.05) is 6.54 Å². The van der Waals surface area contributed by atoms with E-state index < -0.39 is 10.0 Å². The molecule has 0 saturated carbocycles. The number of sulfonamides is 1. The highest BCUT2D eigenvalue weighted by atomic mass is 32.2. The lowest BCUT2D eigenvalue weighted by molar-refractivity contribution is 0.323. The third-order valence-corrected chi connectivity index (χ3v) is 5.94. The quantitative estimate of drug-likeness (QED) is 0.531. The van der Waals surface area contributed by atoms with E-state index >= 15 is 0 Å². The fourth-order valence-corrected chi connectivity index (χ4v) is 4.30. The zero-order valence-electron chi connectivity index (χ0n) is 14.2. The molecule has 5 heteroatoms. The van der Waals surface area contributed by atoms with Gasteiger partial charge in [-0.1, -0.05) is 48.5 Å². The second-order valence-electron chi connectivity index (χ2n) is 6.21. The summed E-state index contributed by atoms with van der Waals surface area (Å²) in [6.07, 6.45) is 0.770. The summed E-state index contributed by atoms with van der Waals surface area (Å²) in [6, 6.07) is 22.9. The summed E-state index contributed by atoms with van der Waals surface area (Å²) in [7, 11) is -3.55. The van der Waals surface area contributed by atoms with Crippen LogP contribution in [0, 0.1) is 0 Å². The minimum atomic E-state index is -3.55. The van der Waals surface area contributed by atoms with Crippen LogP contribution in [0.25, 0.3) is 11.1 Å². The van der Waals surface area contributed by atoms with Crippen LogP contribution in [0.15, 0.2) is 77.7 Å². The number of benzene rings is 3. The van der Waals surface area contributed by atoms with Crippen molar-refractivity contribution in [3.05, 3.63) is 83.9 Å². The van der Waals surface area contributed by atoms with Gasteiger partial charge in [-0.3, -0.25) is 0 Å². The highest BCUT2D eigenvalue weighted by Crippen LogP contribution is 2.37. The standard InChI is InChI=1S/C21H19NO3S/c23-26(24,22-12-13-25-18-7-2-1-3-8-18)19-10-11-21-17(15-19)14-16-6-4-5-9-20(16)21/h1-11,15,22H,12-14H2. The van der Waals surface area contributed by atoms with Crippen molar-refractivity contribution in [2.24, 2.45) is 0 Å². The fraction of sp³-hybridized carbons (Fsp3) is 0.143. The van der Waals surface area contributed by atoms with Crippen LogP contribution in [0.4, 0.5) is 0 Å². The van der Waals surface area contributed by atoms with E-state index in [0.29, 0.717) is 4.90 Å². The lowest BCUT2D eigenvalue weighted by atomic mass is 10.1. The molecule has 3 aromatic carbocycles. The molecule has 26 heavy (non-hydrogen) atoms. The average Bonchev–Trinajstić information content (AvgIpc) is 3.04. The number of hydrogen-bond acceptors (Lipinski definition) is 3. The average molecular weight is 365 g/mol. The summed E-state index contributed by atoms with van der Waals surface area (Å²) < 4.78 is 33.2. The molecule has 0 spiro atoms. The maximum atomic E-state index is 12.5. The van der Waals surface area contributed by atoms with Crippen molar-refractivity contribution in [1.29, 1.82) is 0 Å². The predicted octanol–water partition coefficient (Wildman–Crippen LogP) is 3.62. The molecule has 0 amide bonds. The number of fused-ring (bicyclic) bond motifs is 3. The van der Waals surface area contributed by atoms with Crippen molar-refractivity contribution in [3.63, 3.8) is 0 Å². The van der Waals surface area contributed by atoms with Crippen LogP contribution >= 0.6 is 0 Å². The summed E-state index contributed by atoms with van der Waals surface area (Å²) in [5.74, 6) is 0.724. The molecule has 4 rings (SSSR count). The molecule has 0 radical (unpaired) electrons. The predicted molar refractivity (Wildman–Crippen MR) is 102 cm³/mol. The van der Waals surface area contributed by atoms with Crippen molar-refractivity contribution < 1.29 is 13.2 Å². The van der Waals surface area contributed by atoms with E-state index in [1.807, 2.05) is 48.5 Å². The van der Waals surface area contributed by atoms with Gasteiger partial charge in [0.15, 0.2) is 0 Å². The van der Waals surface area contributed by atoms with Crippen LogP contribution in [0.3, 0.4) is 0 Å². The molecule has 1 aliphatic carbocycles. The van der Waals surface area contributed by atoms with Gasteiger partial charge in [-0.2, -0.15) is 0 Å². The second-order valence-corrected chi connectivity index (χ2v) is 7.98. The van der Waals surface area contributed by atoms with Gasteiger partial charge in [-0.25, -0.2) is 13.1 Å². The molecule has 3 aromatic rings. The lowest BCUT2D eigenvalue weighted by Crippen LogP contribution is -2.28. The molecule has 0 fully saturated rings. The third-order valence-electron chi connectivity index (χ3n) is 4.48. The summed E-state index contributed by atoms with van der Waals surface area (Å²) in [6.45, 7) is 0.494. The second kappa shape index (κ2) is 6.94. The Kier molecular flexibility index (Phi) is 4.49. The Hall–Kier alpha value is -2.63. The van der Waals surface area contributed by atoms with Gasteiger partial charge < -0.3 is 4.74 Å². The molecular weight excluding hydrogens is 346 g/mol. The Balaban J connectivity index is 1.43. The molecule has 1 N–H and O–H groups in total. The van der Waals surface area contributed by atoms with Gasteiger partial charge in [-0.05, 0) is 52.9 Å². The van der Waals surface area contributed by atoms with Gasteiger partial charge in [0.1, 0.15) is 12.4 Å². The molecule has 0 aliphatic heterocycles. The van der Waals surface area contributed by atoms with E-state index in [0.717, 1.165) is 23.3 Å². The van der Waals surface area contributed by atoms with Crippen molar-refractivity contribution >= 4 is 10.0 Å². The molecule has 0 saturated heterocycles. The Labute approximate surface area is 153 Å². The molecule has 1 aliphatic rings. The van der Waals surface area contributed by atoms with Crippen LogP contribution in [-0.2, 0) is 16.4 Å². The van der Waals surface area contributed by atoms with Crippen molar-refractivity contribution in [2.45, 2.75) is 11.3 Å². The minimum absolute atomic E-state index is 0.217. The van der Waals surface area contributed by atoms with Gasteiger partial charge in [0.2, 0.25) is 10.0 Å². The molecule has 4 nitrogen and oxygen atoms in total. The van der Waals surface area contributed by atoms with E-state index in [1.54, 1.807) is 12.1 Å². The highest BCUT2D eigenvalue weighted by molar-refractivity contribution is 7.89. The monoisotopic (exact) mass is 365 g/mol. The zero-order valence-corrected chi connectivity index (χ0v) is 15.0. The summed E-state index contributed by atoms with van der Waals surface area (Å²) in [5.41, 5.74) is 4.60. The molecule has 0 bridgehead atoms. The van der Waals surface area contributed by atoms with Gasteiger partial charge in [0.25, 0.3) is 0 Å². The molecule has 0 atom stereocenters. The van der Waals surface area contributed by atoms with E-state index in [-0.39, 0.29) is 13.2 Å². The summed E-state index contributed by atoms with van der Waals surface area (Å²) in [5, 5.41) is 0. The number of rotatable bonds is 6.